The van der Waals surface area contributed by atoms with Crippen molar-refractivity contribution in [1.29, 1.82) is 0 Å². The van der Waals surface area contributed by atoms with Gasteiger partial charge in [0, 0.05) is 26.7 Å². The van der Waals surface area contributed by atoms with Crippen molar-refractivity contribution in [2.45, 2.75) is 26.2 Å². The number of benzene rings is 1. The van der Waals surface area contributed by atoms with Gasteiger partial charge in [0.1, 0.15) is 11.5 Å². The van der Waals surface area contributed by atoms with Crippen molar-refractivity contribution in [2.75, 3.05) is 20.3 Å². The van der Waals surface area contributed by atoms with Crippen molar-refractivity contribution in [3.05, 3.63) is 39.9 Å². The summed E-state index contributed by atoms with van der Waals surface area (Å²) in [5.74, 6) is 0.410. The summed E-state index contributed by atoms with van der Waals surface area (Å²) < 4.78 is 6.51. The highest BCUT2D eigenvalue weighted by Gasteiger charge is 2.19. The summed E-state index contributed by atoms with van der Waals surface area (Å²) in [5.41, 5.74) is 0.532. The predicted octanol–water partition coefficient (Wildman–Crippen LogP) is 3.29. The van der Waals surface area contributed by atoms with E-state index in [1.165, 1.54) is 4.68 Å². The molecule has 0 atom stereocenters. The number of carbonyl (C=O) groups excluding carboxylic acids is 1. The van der Waals surface area contributed by atoms with E-state index >= 15 is 0 Å². The third kappa shape index (κ3) is 4.47. The second-order valence-corrected chi connectivity index (χ2v) is 5.96. The van der Waals surface area contributed by atoms with Crippen molar-refractivity contribution < 1.29 is 9.53 Å². The van der Waals surface area contributed by atoms with Crippen LogP contribution in [0.5, 0.6) is 0 Å². The number of hydrogen-bond acceptors (Lipinski definition) is 4. The first-order valence-corrected chi connectivity index (χ1v) is 8.51. The zero-order valence-electron chi connectivity index (χ0n) is 13.7. The largest absolute Gasteiger partial charge is 0.385 e. The molecule has 2 aromatic rings. The van der Waals surface area contributed by atoms with Crippen LogP contribution in [0.15, 0.2) is 18.2 Å². The molecular weight excluding hydrogens is 351 g/mol. The molecule has 1 amide bonds. The Morgan fingerprint density at radius 2 is 2.00 bits per heavy atom. The smallest absolute Gasteiger partial charge is 0.290 e. The number of halogens is 2. The Balaban J connectivity index is 2.17. The fourth-order valence-corrected chi connectivity index (χ4v) is 2.75. The number of nitrogens with one attached hydrogen (secondary N) is 1. The fraction of sp³-hybridized carbons (Fsp3) is 0.438. The lowest BCUT2D eigenvalue weighted by Gasteiger charge is -2.08. The van der Waals surface area contributed by atoms with Crippen LogP contribution in [0, 0.1) is 0 Å². The Bertz CT molecular complexity index is 683. The van der Waals surface area contributed by atoms with Crippen LogP contribution in [0.4, 0.5) is 0 Å². The highest BCUT2D eigenvalue weighted by atomic mass is 35.5. The van der Waals surface area contributed by atoms with E-state index in [9.17, 15) is 4.79 Å². The van der Waals surface area contributed by atoms with Crippen LogP contribution in [-0.2, 0) is 11.2 Å². The highest BCUT2D eigenvalue weighted by molar-refractivity contribution is 6.37. The van der Waals surface area contributed by atoms with E-state index in [0.717, 1.165) is 12.8 Å². The van der Waals surface area contributed by atoms with Crippen LogP contribution in [-0.4, -0.2) is 40.9 Å². The molecule has 6 nitrogen and oxygen atoms in total. The van der Waals surface area contributed by atoms with Gasteiger partial charge in [-0.2, -0.15) is 0 Å². The number of aryl methyl sites for hydroxylation is 1. The van der Waals surface area contributed by atoms with Gasteiger partial charge in [0.2, 0.25) is 5.82 Å². The third-order valence-electron chi connectivity index (χ3n) is 3.40. The van der Waals surface area contributed by atoms with E-state index in [4.69, 9.17) is 27.9 Å². The van der Waals surface area contributed by atoms with Crippen LogP contribution in [0.3, 0.4) is 0 Å². The second-order valence-electron chi connectivity index (χ2n) is 5.14. The summed E-state index contributed by atoms with van der Waals surface area (Å²) in [6.45, 7) is 3.15. The summed E-state index contributed by atoms with van der Waals surface area (Å²) in [7, 11) is 1.65. The van der Waals surface area contributed by atoms with E-state index in [-0.39, 0.29) is 11.7 Å². The van der Waals surface area contributed by atoms with Crippen molar-refractivity contribution in [3.63, 3.8) is 0 Å². The first kappa shape index (κ1) is 18.7. The number of methoxy groups -OCH3 is 1. The van der Waals surface area contributed by atoms with Crippen molar-refractivity contribution in [2.24, 2.45) is 0 Å². The zero-order valence-corrected chi connectivity index (χ0v) is 15.2. The van der Waals surface area contributed by atoms with Gasteiger partial charge in [-0.1, -0.05) is 36.2 Å². The number of para-hydroxylation sites is 1. The molecule has 0 saturated heterocycles. The Morgan fingerprint density at radius 3 is 2.62 bits per heavy atom. The van der Waals surface area contributed by atoms with Gasteiger partial charge in [-0.25, -0.2) is 9.67 Å². The minimum atomic E-state index is -0.316. The van der Waals surface area contributed by atoms with E-state index in [1.54, 1.807) is 25.3 Å². The van der Waals surface area contributed by atoms with E-state index in [1.807, 2.05) is 6.92 Å². The summed E-state index contributed by atoms with van der Waals surface area (Å²) in [6.07, 6.45) is 2.31. The number of carbonyl (C=O) groups is 1. The number of nitrogens with zero attached hydrogens (tertiary/aromatic N) is 3. The van der Waals surface area contributed by atoms with Gasteiger partial charge in [0.15, 0.2) is 0 Å². The molecule has 0 radical (unpaired) electrons. The number of amides is 1. The number of rotatable bonds is 8. The molecule has 0 spiro atoms. The van der Waals surface area contributed by atoms with E-state index in [0.29, 0.717) is 41.1 Å². The summed E-state index contributed by atoms with van der Waals surface area (Å²) in [4.78, 5) is 16.5. The molecule has 0 aliphatic heterocycles. The molecule has 1 aromatic heterocycles. The standard InChI is InChI=1S/C16H20Cl2N4O2/c1-3-13-20-15(16(23)19-9-4-5-10-24-2)21-22(13)14-11(17)7-6-8-12(14)18/h6-8H,3-5,9-10H2,1-2H3,(H,19,23). The lowest BCUT2D eigenvalue weighted by Crippen LogP contribution is -2.26. The van der Waals surface area contributed by atoms with Gasteiger partial charge in [0.05, 0.1) is 10.0 Å². The molecule has 0 unspecified atom stereocenters. The fourth-order valence-electron chi connectivity index (χ4n) is 2.19. The predicted molar refractivity (Wildman–Crippen MR) is 94.2 cm³/mol. The van der Waals surface area contributed by atoms with Gasteiger partial charge < -0.3 is 10.1 Å². The quantitative estimate of drug-likeness (QED) is 0.723. The minimum Gasteiger partial charge on any atom is -0.385 e. The maximum Gasteiger partial charge on any atom is 0.290 e. The van der Waals surface area contributed by atoms with E-state index in [2.05, 4.69) is 15.4 Å². The molecule has 8 heteroatoms. The van der Waals surface area contributed by atoms with Crippen LogP contribution in [0.25, 0.3) is 5.69 Å². The summed E-state index contributed by atoms with van der Waals surface area (Å²) in [5, 5.41) is 8.00. The highest BCUT2D eigenvalue weighted by Crippen LogP contribution is 2.28. The van der Waals surface area contributed by atoms with Gasteiger partial charge in [-0.05, 0) is 25.0 Å². The van der Waals surface area contributed by atoms with Crippen molar-refractivity contribution in [1.82, 2.24) is 20.1 Å². The maximum absolute atomic E-state index is 12.2. The van der Waals surface area contributed by atoms with Crippen molar-refractivity contribution >= 4 is 29.1 Å². The number of aromatic nitrogens is 3. The van der Waals surface area contributed by atoms with Crippen LogP contribution < -0.4 is 5.32 Å². The molecule has 1 heterocycles. The van der Waals surface area contributed by atoms with E-state index < -0.39 is 0 Å². The SMILES string of the molecule is CCc1nc(C(=O)NCCCCOC)nn1-c1c(Cl)cccc1Cl. The van der Waals surface area contributed by atoms with Gasteiger partial charge in [0.25, 0.3) is 5.91 Å². The first-order chi connectivity index (χ1) is 11.6. The molecule has 2 rings (SSSR count). The molecule has 0 fully saturated rings. The van der Waals surface area contributed by atoms with Gasteiger partial charge in [-0.15, -0.1) is 5.10 Å². The second kappa shape index (κ2) is 9.01. The lowest BCUT2D eigenvalue weighted by atomic mass is 10.3. The Kier molecular flexibility index (Phi) is 7.02. The Labute approximate surface area is 151 Å². The molecule has 0 bridgehead atoms. The molecule has 0 aliphatic carbocycles. The summed E-state index contributed by atoms with van der Waals surface area (Å²) >= 11 is 12.5. The van der Waals surface area contributed by atoms with Crippen LogP contribution in [0.1, 0.15) is 36.2 Å². The van der Waals surface area contributed by atoms with Gasteiger partial charge in [-0.3, -0.25) is 4.79 Å². The number of ether oxygens (including phenoxy) is 1. The minimum absolute atomic E-state index is 0.106. The molecule has 1 N–H and O–H groups in total. The monoisotopic (exact) mass is 370 g/mol. The van der Waals surface area contributed by atoms with Gasteiger partial charge >= 0.3 is 0 Å². The third-order valence-corrected chi connectivity index (χ3v) is 4.01. The maximum atomic E-state index is 12.2. The average Bonchev–Trinajstić information content (AvgIpc) is 2.98. The normalized spacial score (nSPS) is 10.8. The summed E-state index contributed by atoms with van der Waals surface area (Å²) in [6, 6.07) is 5.20. The molecule has 0 aliphatic rings. The molecule has 1 aromatic carbocycles. The zero-order chi connectivity index (χ0) is 17.5. The molecule has 0 saturated carbocycles. The van der Waals surface area contributed by atoms with Crippen LogP contribution in [0.2, 0.25) is 10.0 Å². The Morgan fingerprint density at radius 1 is 1.29 bits per heavy atom. The molecule has 130 valence electrons. The molecular formula is C16H20Cl2N4O2. The average molecular weight is 371 g/mol. The lowest BCUT2D eigenvalue weighted by molar-refractivity contribution is 0.0941. The van der Waals surface area contributed by atoms with Crippen LogP contribution >= 0.6 is 23.2 Å². The Hall–Kier alpha value is -1.63. The topological polar surface area (TPSA) is 69.0 Å². The number of unbranched alkanes of at least 4 members (excludes halogenated alkanes) is 1. The molecule has 24 heavy (non-hydrogen) atoms. The van der Waals surface area contributed by atoms with Crippen molar-refractivity contribution in [3.8, 4) is 5.69 Å². The first-order valence-electron chi connectivity index (χ1n) is 7.76. The number of hydrogen-bond donors (Lipinski definition) is 1.